The predicted octanol–water partition coefficient (Wildman–Crippen LogP) is 1.71. The normalized spacial score (nSPS) is 32.3. The Hall–Kier alpha value is -0.0800. The molecule has 1 heterocycles. The van der Waals surface area contributed by atoms with E-state index in [1.165, 1.54) is 25.9 Å². The molecule has 2 heteroatoms. The lowest BCUT2D eigenvalue weighted by molar-refractivity contribution is 0.252. The highest BCUT2D eigenvalue weighted by Gasteiger charge is 2.25. The van der Waals surface area contributed by atoms with E-state index < -0.39 is 0 Å². The van der Waals surface area contributed by atoms with Gasteiger partial charge in [-0.25, -0.2) is 0 Å². The van der Waals surface area contributed by atoms with Gasteiger partial charge in [-0.1, -0.05) is 6.92 Å². The number of rotatable bonds is 4. The first-order valence-corrected chi connectivity index (χ1v) is 5.54. The first-order valence-electron chi connectivity index (χ1n) is 5.54. The van der Waals surface area contributed by atoms with Gasteiger partial charge in [-0.05, 0) is 46.2 Å². The second kappa shape index (κ2) is 4.97. The summed E-state index contributed by atoms with van der Waals surface area (Å²) in [6, 6.07) is 1.46. The van der Waals surface area contributed by atoms with Crippen LogP contribution in [0.4, 0.5) is 0 Å². The number of hydrogen-bond acceptors (Lipinski definition) is 2. The van der Waals surface area contributed by atoms with Gasteiger partial charge in [0.25, 0.3) is 0 Å². The Kier molecular flexibility index (Phi) is 4.20. The summed E-state index contributed by atoms with van der Waals surface area (Å²) < 4.78 is 0. The van der Waals surface area contributed by atoms with Crippen molar-refractivity contribution in [3.8, 4) is 0 Å². The number of nitrogens with zero attached hydrogens (tertiary/aromatic N) is 1. The molecule has 1 N–H and O–H groups in total. The molecule has 0 spiro atoms. The van der Waals surface area contributed by atoms with Crippen LogP contribution in [0, 0.1) is 5.92 Å². The molecule has 0 aromatic carbocycles. The molecule has 0 radical (unpaired) electrons. The topological polar surface area (TPSA) is 15.3 Å². The zero-order valence-electron chi connectivity index (χ0n) is 9.51. The summed E-state index contributed by atoms with van der Waals surface area (Å²) >= 11 is 0. The molecule has 1 fully saturated rings. The van der Waals surface area contributed by atoms with Crippen molar-refractivity contribution in [2.24, 2.45) is 5.92 Å². The maximum atomic E-state index is 3.29. The summed E-state index contributed by atoms with van der Waals surface area (Å²) in [5, 5.41) is 3.29. The Morgan fingerprint density at radius 1 is 1.46 bits per heavy atom. The average Bonchev–Trinajstić information content (AvgIpc) is 2.41. The van der Waals surface area contributed by atoms with Crippen LogP contribution in [0.1, 0.15) is 33.6 Å². The van der Waals surface area contributed by atoms with Gasteiger partial charge in [0.1, 0.15) is 0 Å². The van der Waals surface area contributed by atoms with Crippen LogP contribution >= 0.6 is 0 Å². The van der Waals surface area contributed by atoms with Crippen molar-refractivity contribution >= 4 is 0 Å². The van der Waals surface area contributed by atoms with Crippen molar-refractivity contribution in [1.82, 2.24) is 10.2 Å². The molecule has 0 aromatic heterocycles. The molecule has 0 saturated carbocycles. The molecule has 2 nitrogen and oxygen atoms in total. The third-order valence-corrected chi connectivity index (χ3v) is 3.26. The fourth-order valence-electron chi connectivity index (χ4n) is 2.20. The van der Waals surface area contributed by atoms with E-state index in [-0.39, 0.29) is 0 Å². The molecular weight excluding hydrogens is 160 g/mol. The maximum absolute atomic E-state index is 3.29. The zero-order valence-corrected chi connectivity index (χ0v) is 9.51. The lowest BCUT2D eigenvalue weighted by Crippen LogP contribution is -2.32. The molecule has 0 aromatic rings. The fraction of sp³-hybridized carbons (Fsp3) is 1.00. The predicted molar refractivity (Wildman–Crippen MR) is 58.0 cm³/mol. The summed E-state index contributed by atoms with van der Waals surface area (Å²) in [5.74, 6) is 0.903. The van der Waals surface area contributed by atoms with Crippen molar-refractivity contribution in [1.29, 1.82) is 0 Å². The molecule has 1 aliphatic rings. The Morgan fingerprint density at radius 3 is 2.62 bits per heavy atom. The highest BCUT2D eigenvalue weighted by atomic mass is 15.2. The zero-order chi connectivity index (χ0) is 9.84. The molecule has 0 bridgehead atoms. The van der Waals surface area contributed by atoms with Crippen molar-refractivity contribution in [2.45, 2.75) is 45.7 Å². The fourth-order valence-corrected chi connectivity index (χ4v) is 2.20. The minimum atomic E-state index is 0.656. The van der Waals surface area contributed by atoms with Crippen LogP contribution in [-0.4, -0.2) is 37.1 Å². The van der Waals surface area contributed by atoms with E-state index in [0.29, 0.717) is 6.04 Å². The summed E-state index contributed by atoms with van der Waals surface area (Å²) in [6.07, 6.45) is 2.65. The lowest BCUT2D eigenvalue weighted by atomic mass is 10.1. The molecule has 13 heavy (non-hydrogen) atoms. The minimum absolute atomic E-state index is 0.656. The van der Waals surface area contributed by atoms with E-state index in [4.69, 9.17) is 0 Å². The van der Waals surface area contributed by atoms with Crippen LogP contribution in [0.15, 0.2) is 0 Å². The second-order valence-corrected chi connectivity index (χ2v) is 4.66. The van der Waals surface area contributed by atoms with Gasteiger partial charge in [0.05, 0.1) is 0 Å². The lowest BCUT2D eigenvalue weighted by Gasteiger charge is -2.22. The Bertz CT molecular complexity index is 147. The first-order chi connectivity index (χ1) is 6.13. The Morgan fingerprint density at radius 2 is 2.15 bits per heavy atom. The van der Waals surface area contributed by atoms with Gasteiger partial charge in [-0.2, -0.15) is 0 Å². The third kappa shape index (κ3) is 3.28. The van der Waals surface area contributed by atoms with Gasteiger partial charge in [0, 0.05) is 18.6 Å². The summed E-state index contributed by atoms with van der Waals surface area (Å²) in [4.78, 5) is 2.62. The SMILES string of the molecule is CNC(C)CCN1CC(C)CC1C. The van der Waals surface area contributed by atoms with E-state index >= 15 is 0 Å². The third-order valence-electron chi connectivity index (χ3n) is 3.26. The van der Waals surface area contributed by atoms with Gasteiger partial charge in [-0.15, -0.1) is 0 Å². The summed E-state index contributed by atoms with van der Waals surface area (Å²) in [5.41, 5.74) is 0. The van der Waals surface area contributed by atoms with Crippen molar-refractivity contribution < 1.29 is 0 Å². The molecule has 0 aliphatic carbocycles. The highest BCUT2D eigenvalue weighted by Crippen LogP contribution is 2.22. The monoisotopic (exact) mass is 184 g/mol. The van der Waals surface area contributed by atoms with Gasteiger partial charge >= 0.3 is 0 Å². The van der Waals surface area contributed by atoms with E-state index in [9.17, 15) is 0 Å². The maximum Gasteiger partial charge on any atom is 0.00700 e. The van der Waals surface area contributed by atoms with Gasteiger partial charge < -0.3 is 10.2 Å². The summed E-state index contributed by atoms with van der Waals surface area (Å²) in [7, 11) is 2.04. The molecule has 1 rings (SSSR count). The van der Waals surface area contributed by atoms with Gasteiger partial charge in [0.15, 0.2) is 0 Å². The van der Waals surface area contributed by atoms with Crippen LogP contribution < -0.4 is 5.32 Å². The molecule has 1 saturated heterocycles. The van der Waals surface area contributed by atoms with Crippen LogP contribution in [0.5, 0.6) is 0 Å². The van der Waals surface area contributed by atoms with Crippen molar-refractivity contribution in [3.05, 3.63) is 0 Å². The number of hydrogen-bond donors (Lipinski definition) is 1. The molecular formula is C11H24N2. The largest absolute Gasteiger partial charge is 0.317 e. The standard InChI is InChI=1S/C11H24N2/c1-9-7-11(3)13(8-9)6-5-10(2)12-4/h9-12H,5-8H2,1-4H3. The molecule has 1 aliphatic heterocycles. The molecule has 3 unspecified atom stereocenters. The molecule has 3 atom stereocenters. The van der Waals surface area contributed by atoms with E-state index in [2.05, 4.69) is 31.0 Å². The van der Waals surface area contributed by atoms with Crippen LogP contribution in [-0.2, 0) is 0 Å². The average molecular weight is 184 g/mol. The van der Waals surface area contributed by atoms with Gasteiger partial charge in [-0.3, -0.25) is 0 Å². The van der Waals surface area contributed by atoms with E-state index in [1.54, 1.807) is 0 Å². The van der Waals surface area contributed by atoms with Gasteiger partial charge in [0.2, 0.25) is 0 Å². The summed E-state index contributed by atoms with van der Waals surface area (Å²) in [6.45, 7) is 9.53. The second-order valence-electron chi connectivity index (χ2n) is 4.66. The first kappa shape index (κ1) is 11.0. The van der Waals surface area contributed by atoms with Crippen molar-refractivity contribution in [2.75, 3.05) is 20.1 Å². The van der Waals surface area contributed by atoms with Crippen LogP contribution in [0.25, 0.3) is 0 Å². The Balaban J connectivity index is 2.21. The van der Waals surface area contributed by atoms with Crippen LogP contribution in [0.3, 0.4) is 0 Å². The number of likely N-dealkylation sites (tertiary alicyclic amines) is 1. The Labute approximate surface area is 82.7 Å². The smallest absolute Gasteiger partial charge is 0.00700 e. The van der Waals surface area contributed by atoms with E-state index in [0.717, 1.165) is 12.0 Å². The van der Waals surface area contributed by atoms with Crippen molar-refractivity contribution in [3.63, 3.8) is 0 Å². The minimum Gasteiger partial charge on any atom is -0.317 e. The molecule has 0 amide bonds. The molecule has 78 valence electrons. The van der Waals surface area contributed by atoms with Crippen LogP contribution in [0.2, 0.25) is 0 Å². The highest BCUT2D eigenvalue weighted by molar-refractivity contribution is 4.80. The van der Waals surface area contributed by atoms with E-state index in [1.807, 2.05) is 7.05 Å². The quantitative estimate of drug-likeness (QED) is 0.715. The number of nitrogens with one attached hydrogen (secondary N) is 1.